The summed E-state index contributed by atoms with van der Waals surface area (Å²) in [5, 5.41) is 20.4. The maximum absolute atomic E-state index is 13.8. The second-order valence-corrected chi connectivity index (χ2v) is 9.70. The van der Waals surface area contributed by atoms with Crippen molar-refractivity contribution in [1.29, 1.82) is 0 Å². The smallest absolute Gasteiger partial charge is 0.412 e. The molecule has 0 aliphatic rings. The first kappa shape index (κ1) is 32.3. The molecule has 0 fully saturated rings. The number of fused-ring (bicyclic) bond motifs is 1. The first-order valence-electron chi connectivity index (χ1n) is 13.2. The number of urea groups is 2. The largest absolute Gasteiger partial charge is 0.447 e. The predicted octanol–water partition coefficient (Wildman–Crippen LogP) is 4.39. The lowest BCUT2D eigenvalue weighted by molar-refractivity contribution is 0.113. The van der Waals surface area contributed by atoms with Gasteiger partial charge in [-0.3, -0.25) is 5.32 Å². The van der Waals surface area contributed by atoms with Crippen molar-refractivity contribution in [3.8, 4) is 0 Å². The molecule has 3 aromatic rings. The van der Waals surface area contributed by atoms with Gasteiger partial charge in [0.1, 0.15) is 24.1 Å². The molecule has 226 valence electrons. The molecule has 1 heterocycles. The number of ether oxygens (including phenoxy) is 1. The monoisotopic (exact) mass is 606 g/mol. The normalized spacial score (nSPS) is 11.5. The van der Waals surface area contributed by atoms with Gasteiger partial charge in [-0.25, -0.2) is 28.1 Å². The van der Waals surface area contributed by atoms with Gasteiger partial charge in [-0.2, -0.15) is 0 Å². The fraction of sp³-hybridized carbons (Fsp3) is 0.357. The summed E-state index contributed by atoms with van der Waals surface area (Å²) in [6.07, 6.45) is 1.88. The minimum absolute atomic E-state index is 0.0301. The van der Waals surface area contributed by atoms with Gasteiger partial charge in [0.25, 0.3) is 0 Å². The number of carbonyl (C=O) groups excluding carboxylic acids is 3. The van der Waals surface area contributed by atoms with Crippen LogP contribution in [0.1, 0.15) is 24.8 Å². The molecule has 0 unspecified atom stereocenters. The Kier molecular flexibility index (Phi) is 12.5. The van der Waals surface area contributed by atoms with Crippen LogP contribution in [-0.2, 0) is 11.3 Å². The number of nitrogens with one attached hydrogen (secondary N) is 4. The van der Waals surface area contributed by atoms with Gasteiger partial charge in [-0.05, 0) is 60.5 Å². The maximum Gasteiger partial charge on any atom is 0.412 e. The van der Waals surface area contributed by atoms with Crippen molar-refractivity contribution >= 4 is 46.3 Å². The van der Waals surface area contributed by atoms with Crippen molar-refractivity contribution < 1.29 is 33.0 Å². The summed E-state index contributed by atoms with van der Waals surface area (Å²) >= 11 is 5.98. The maximum atomic E-state index is 13.8. The number of likely N-dealkylation sites (N-methyl/N-ethyl adjacent to an activating group) is 1. The Morgan fingerprint density at radius 3 is 2.57 bits per heavy atom. The number of aliphatic hydroxyl groups excluding tert-OH is 1. The van der Waals surface area contributed by atoms with Gasteiger partial charge in [-0.15, -0.1) is 0 Å². The SMILES string of the molecule is CN(C(=O)NCc1cccc(F)c1Cl)[C@@H](CCCNC(=O)NCCCO)COC(=O)Nc1cc2cc(F)ccc2cn1. The number of hydrogen-bond donors (Lipinski definition) is 5. The van der Waals surface area contributed by atoms with Crippen LogP contribution in [0, 0.1) is 11.6 Å². The van der Waals surface area contributed by atoms with E-state index in [1.807, 2.05) is 0 Å². The molecule has 3 rings (SSSR count). The molecule has 42 heavy (non-hydrogen) atoms. The first-order chi connectivity index (χ1) is 20.2. The Bertz CT molecular complexity index is 1380. The zero-order chi connectivity index (χ0) is 30.5. The number of aromatic nitrogens is 1. The molecule has 0 saturated heterocycles. The van der Waals surface area contributed by atoms with Crippen LogP contribution in [0.2, 0.25) is 5.02 Å². The van der Waals surface area contributed by atoms with Gasteiger partial charge in [0.2, 0.25) is 0 Å². The van der Waals surface area contributed by atoms with E-state index >= 15 is 0 Å². The third-order valence-corrected chi connectivity index (χ3v) is 6.69. The molecular formula is C28H33ClF2N6O5. The summed E-state index contributed by atoms with van der Waals surface area (Å²) in [5.41, 5.74) is 0.393. The zero-order valence-corrected chi connectivity index (χ0v) is 23.7. The van der Waals surface area contributed by atoms with Crippen molar-refractivity contribution in [2.24, 2.45) is 0 Å². The van der Waals surface area contributed by atoms with E-state index in [0.717, 1.165) is 0 Å². The zero-order valence-electron chi connectivity index (χ0n) is 23.0. The molecule has 11 nitrogen and oxygen atoms in total. The third kappa shape index (κ3) is 10.00. The van der Waals surface area contributed by atoms with Crippen molar-refractivity contribution in [2.45, 2.75) is 31.8 Å². The van der Waals surface area contributed by atoms with E-state index in [1.54, 1.807) is 12.1 Å². The molecule has 0 radical (unpaired) electrons. The number of nitrogens with zero attached hydrogens (tertiary/aromatic N) is 2. The van der Waals surface area contributed by atoms with E-state index in [1.165, 1.54) is 48.5 Å². The molecule has 1 atom stereocenters. The average molecular weight is 607 g/mol. The standard InChI is InChI=1S/C28H33ClF2N6O5/c1-37(27(40)35-16-19-5-2-7-23(31)25(19)29)22(6-3-10-32-26(39)33-11-4-12-38)17-42-28(41)36-24-14-20-13-21(30)9-8-18(20)15-34-24/h2,5,7-9,13-15,22,38H,3-4,6,10-12,16-17H2,1H3,(H,35,40)(H2,32,33,39)(H,34,36,41)/t22-/m0/s1. The van der Waals surface area contributed by atoms with E-state index in [4.69, 9.17) is 21.4 Å². The summed E-state index contributed by atoms with van der Waals surface area (Å²) in [7, 11) is 1.52. The Morgan fingerprint density at radius 1 is 1.05 bits per heavy atom. The van der Waals surface area contributed by atoms with Crippen LogP contribution in [0.5, 0.6) is 0 Å². The van der Waals surface area contributed by atoms with E-state index in [2.05, 4.69) is 26.3 Å². The number of carbonyl (C=O) groups is 3. The van der Waals surface area contributed by atoms with Gasteiger partial charge in [0, 0.05) is 44.9 Å². The molecule has 14 heteroatoms. The van der Waals surface area contributed by atoms with Gasteiger partial charge < -0.3 is 30.7 Å². The van der Waals surface area contributed by atoms with Crippen molar-refractivity contribution in [2.75, 3.05) is 38.7 Å². The predicted molar refractivity (Wildman–Crippen MR) is 154 cm³/mol. The molecule has 1 aromatic heterocycles. The summed E-state index contributed by atoms with van der Waals surface area (Å²) in [6, 6.07) is 8.47. The van der Waals surface area contributed by atoms with Crippen LogP contribution >= 0.6 is 11.6 Å². The Balaban J connectivity index is 1.58. The van der Waals surface area contributed by atoms with E-state index in [9.17, 15) is 23.2 Å². The van der Waals surface area contributed by atoms with Gasteiger partial charge in [-0.1, -0.05) is 23.7 Å². The van der Waals surface area contributed by atoms with Gasteiger partial charge >= 0.3 is 18.2 Å². The second kappa shape index (κ2) is 16.3. The van der Waals surface area contributed by atoms with E-state index < -0.39 is 35.8 Å². The summed E-state index contributed by atoms with van der Waals surface area (Å²) < 4.78 is 32.7. The highest BCUT2D eigenvalue weighted by Crippen LogP contribution is 2.20. The minimum Gasteiger partial charge on any atom is -0.447 e. The molecular weight excluding hydrogens is 574 g/mol. The highest BCUT2D eigenvalue weighted by atomic mass is 35.5. The van der Waals surface area contributed by atoms with Gasteiger partial charge in [0.05, 0.1) is 11.1 Å². The lowest BCUT2D eigenvalue weighted by Gasteiger charge is -2.28. The first-order valence-corrected chi connectivity index (χ1v) is 13.6. The number of benzene rings is 2. The Hall–Kier alpha value is -4.23. The minimum atomic E-state index is -0.829. The fourth-order valence-electron chi connectivity index (χ4n) is 3.91. The summed E-state index contributed by atoms with van der Waals surface area (Å²) in [4.78, 5) is 42.8. The lowest BCUT2D eigenvalue weighted by atomic mass is 10.1. The topological polar surface area (TPSA) is 145 Å². The van der Waals surface area contributed by atoms with Crippen LogP contribution in [0.25, 0.3) is 10.8 Å². The van der Waals surface area contributed by atoms with E-state index in [-0.39, 0.29) is 37.1 Å². The number of rotatable bonds is 13. The third-order valence-electron chi connectivity index (χ3n) is 6.27. The van der Waals surface area contributed by atoms with Crippen LogP contribution in [-0.4, -0.2) is 72.5 Å². The lowest BCUT2D eigenvalue weighted by Crippen LogP contribution is -2.46. The van der Waals surface area contributed by atoms with Gasteiger partial charge in [0.15, 0.2) is 0 Å². The number of halogens is 3. The molecule has 0 bridgehead atoms. The Morgan fingerprint density at radius 2 is 1.81 bits per heavy atom. The van der Waals surface area contributed by atoms with Crippen molar-refractivity contribution in [1.82, 2.24) is 25.8 Å². The van der Waals surface area contributed by atoms with Crippen molar-refractivity contribution in [3.63, 3.8) is 0 Å². The average Bonchev–Trinajstić information content (AvgIpc) is 2.97. The van der Waals surface area contributed by atoms with Crippen LogP contribution < -0.4 is 21.3 Å². The van der Waals surface area contributed by atoms with Crippen LogP contribution in [0.3, 0.4) is 0 Å². The highest BCUT2D eigenvalue weighted by Gasteiger charge is 2.22. The highest BCUT2D eigenvalue weighted by molar-refractivity contribution is 6.31. The molecule has 0 spiro atoms. The Labute approximate surface area is 246 Å². The number of anilines is 1. The van der Waals surface area contributed by atoms with Crippen LogP contribution in [0.4, 0.5) is 29.0 Å². The molecule has 0 saturated carbocycles. The molecule has 0 aliphatic carbocycles. The summed E-state index contributed by atoms with van der Waals surface area (Å²) in [6.45, 7) is 0.344. The van der Waals surface area contributed by atoms with Crippen molar-refractivity contribution in [3.05, 3.63) is 70.9 Å². The summed E-state index contributed by atoms with van der Waals surface area (Å²) in [5.74, 6) is -0.875. The molecule has 0 aliphatic heterocycles. The fourth-order valence-corrected chi connectivity index (χ4v) is 4.10. The van der Waals surface area contributed by atoms with E-state index in [0.29, 0.717) is 42.1 Å². The number of aliphatic hydroxyl groups is 1. The number of hydrogen-bond acceptors (Lipinski definition) is 6. The molecule has 2 aromatic carbocycles. The second-order valence-electron chi connectivity index (χ2n) is 9.32. The number of pyridine rings is 1. The number of amides is 5. The molecule has 5 N–H and O–H groups in total. The molecule has 5 amide bonds. The van der Waals surface area contributed by atoms with Crippen LogP contribution in [0.15, 0.2) is 48.7 Å². The quantitative estimate of drug-likeness (QED) is 0.183.